The van der Waals surface area contributed by atoms with Crippen LogP contribution in [0.15, 0.2) is 24.3 Å². The average Bonchev–Trinajstić information content (AvgIpc) is 2.25. The normalized spacial score (nSPS) is 19.0. The number of rotatable bonds is 5. The van der Waals surface area contributed by atoms with Crippen LogP contribution in [0.2, 0.25) is 0 Å². The van der Waals surface area contributed by atoms with Crippen LogP contribution < -0.4 is 10.6 Å². The molecule has 3 N–H and O–H groups in total. The van der Waals surface area contributed by atoms with Crippen LogP contribution >= 0.6 is 0 Å². The van der Waals surface area contributed by atoms with Gasteiger partial charge in [-0.3, -0.25) is 4.79 Å². The first kappa shape index (κ1) is 13.0. The smallest absolute Gasteiger partial charge is 0.305 e. The molecule has 1 atom stereocenters. The highest BCUT2D eigenvalue weighted by atomic mass is 19.1. The molecule has 98 valence electrons. The van der Waals surface area contributed by atoms with E-state index in [9.17, 15) is 9.18 Å². The third kappa shape index (κ3) is 2.86. The van der Waals surface area contributed by atoms with Crippen LogP contribution in [0.25, 0.3) is 0 Å². The summed E-state index contributed by atoms with van der Waals surface area (Å²) in [6, 6.07) is 6.28. The minimum Gasteiger partial charge on any atom is -0.481 e. The fraction of sp³-hybridized carbons (Fsp3) is 0.462. The number of hydrogen-bond donors (Lipinski definition) is 3. The van der Waals surface area contributed by atoms with E-state index in [1.165, 1.54) is 12.1 Å². The highest BCUT2D eigenvalue weighted by Crippen LogP contribution is 2.22. The van der Waals surface area contributed by atoms with Crippen molar-refractivity contribution in [3.05, 3.63) is 35.6 Å². The molecular formula is C13H17FN2O2. The number of nitrogens with one attached hydrogen (secondary N) is 2. The second-order valence-electron chi connectivity index (χ2n) is 4.88. The lowest BCUT2D eigenvalue weighted by Crippen LogP contribution is -2.68. The highest BCUT2D eigenvalue weighted by Gasteiger charge is 2.39. The second kappa shape index (κ2) is 5.04. The number of carbonyl (C=O) groups is 1. The largest absolute Gasteiger partial charge is 0.481 e. The van der Waals surface area contributed by atoms with Gasteiger partial charge in [-0.25, -0.2) is 4.39 Å². The molecule has 1 aromatic rings. The zero-order valence-corrected chi connectivity index (χ0v) is 10.2. The van der Waals surface area contributed by atoms with Gasteiger partial charge in [0.1, 0.15) is 5.82 Å². The lowest BCUT2D eigenvalue weighted by Gasteiger charge is -2.44. The molecule has 0 bridgehead atoms. The minimum absolute atomic E-state index is 0.0691. The van der Waals surface area contributed by atoms with Gasteiger partial charge in [0.15, 0.2) is 0 Å². The Hall–Kier alpha value is -1.46. The SMILES string of the molecule is CC(NC1(CC(=O)O)CNC1)c1cccc(F)c1. The van der Waals surface area contributed by atoms with Crippen molar-refractivity contribution in [2.75, 3.05) is 13.1 Å². The molecule has 0 spiro atoms. The molecule has 5 heteroatoms. The van der Waals surface area contributed by atoms with Gasteiger partial charge in [-0.1, -0.05) is 12.1 Å². The zero-order chi connectivity index (χ0) is 13.2. The lowest BCUT2D eigenvalue weighted by atomic mass is 9.87. The van der Waals surface area contributed by atoms with Gasteiger partial charge >= 0.3 is 5.97 Å². The van der Waals surface area contributed by atoms with Gasteiger partial charge < -0.3 is 15.7 Å². The maximum atomic E-state index is 13.1. The van der Waals surface area contributed by atoms with Crippen LogP contribution in [-0.2, 0) is 4.79 Å². The van der Waals surface area contributed by atoms with Crippen molar-refractivity contribution in [2.45, 2.75) is 24.9 Å². The molecule has 1 aliphatic rings. The highest BCUT2D eigenvalue weighted by molar-refractivity contribution is 5.68. The number of aliphatic carboxylic acids is 1. The summed E-state index contributed by atoms with van der Waals surface area (Å²) in [6.45, 7) is 3.16. The van der Waals surface area contributed by atoms with Gasteiger partial charge in [0.25, 0.3) is 0 Å². The predicted molar refractivity (Wildman–Crippen MR) is 65.8 cm³/mol. The zero-order valence-electron chi connectivity index (χ0n) is 10.2. The van der Waals surface area contributed by atoms with Crippen molar-refractivity contribution in [1.82, 2.24) is 10.6 Å². The third-order valence-corrected chi connectivity index (χ3v) is 3.29. The Balaban J connectivity index is 2.06. The van der Waals surface area contributed by atoms with E-state index in [0.717, 1.165) is 5.56 Å². The Bertz CT molecular complexity index is 446. The van der Waals surface area contributed by atoms with Gasteiger partial charge in [0, 0.05) is 19.1 Å². The molecule has 1 aliphatic heterocycles. The Morgan fingerprint density at radius 2 is 2.33 bits per heavy atom. The molecule has 1 aromatic carbocycles. The molecule has 0 aliphatic carbocycles. The molecular weight excluding hydrogens is 235 g/mol. The summed E-state index contributed by atoms with van der Waals surface area (Å²) in [6.07, 6.45) is 0.0691. The molecule has 1 unspecified atom stereocenters. The molecule has 0 aromatic heterocycles. The van der Waals surface area contributed by atoms with Crippen molar-refractivity contribution in [1.29, 1.82) is 0 Å². The van der Waals surface area contributed by atoms with Crippen LogP contribution in [0.5, 0.6) is 0 Å². The van der Waals surface area contributed by atoms with E-state index in [2.05, 4.69) is 10.6 Å². The Morgan fingerprint density at radius 1 is 1.61 bits per heavy atom. The lowest BCUT2D eigenvalue weighted by molar-refractivity contribution is -0.139. The van der Waals surface area contributed by atoms with Crippen molar-refractivity contribution >= 4 is 5.97 Å². The number of carboxylic acid groups (broad SMARTS) is 1. The summed E-state index contributed by atoms with van der Waals surface area (Å²) in [4.78, 5) is 10.9. The Kier molecular flexibility index (Phi) is 3.63. The summed E-state index contributed by atoms with van der Waals surface area (Å²) in [5, 5.41) is 15.3. The summed E-state index contributed by atoms with van der Waals surface area (Å²) in [5.41, 5.74) is 0.407. The molecule has 18 heavy (non-hydrogen) atoms. The molecule has 4 nitrogen and oxygen atoms in total. The molecule has 2 rings (SSSR count). The van der Waals surface area contributed by atoms with Crippen LogP contribution in [0.3, 0.4) is 0 Å². The van der Waals surface area contributed by atoms with Gasteiger partial charge in [-0.15, -0.1) is 0 Å². The first-order valence-corrected chi connectivity index (χ1v) is 5.96. The van der Waals surface area contributed by atoms with Gasteiger partial charge in [0.05, 0.1) is 12.0 Å². The second-order valence-corrected chi connectivity index (χ2v) is 4.88. The maximum Gasteiger partial charge on any atom is 0.305 e. The Morgan fingerprint density at radius 3 is 2.83 bits per heavy atom. The van der Waals surface area contributed by atoms with E-state index < -0.39 is 11.5 Å². The number of benzene rings is 1. The van der Waals surface area contributed by atoms with E-state index in [0.29, 0.717) is 13.1 Å². The molecule has 0 saturated carbocycles. The van der Waals surface area contributed by atoms with Gasteiger partial charge in [-0.2, -0.15) is 0 Å². The first-order valence-electron chi connectivity index (χ1n) is 5.96. The van der Waals surface area contributed by atoms with Crippen molar-refractivity contribution in [3.8, 4) is 0 Å². The topological polar surface area (TPSA) is 61.4 Å². The fourth-order valence-corrected chi connectivity index (χ4v) is 2.31. The maximum absolute atomic E-state index is 13.1. The average molecular weight is 252 g/mol. The summed E-state index contributed by atoms with van der Waals surface area (Å²) < 4.78 is 13.1. The summed E-state index contributed by atoms with van der Waals surface area (Å²) in [7, 11) is 0. The summed E-state index contributed by atoms with van der Waals surface area (Å²) >= 11 is 0. The standard InChI is InChI=1S/C13H17FN2O2/c1-9(10-3-2-4-11(14)5-10)16-13(6-12(17)18)7-15-8-13/h2-5,9,15-16H,6-8H2,1H3,(H,17,18). The van der Waals surface area contributed by atoms with Gasteiger partial charge in [-0.05, 0) is 24.6 Å². The Labute approximate surface area is 105 Å². The molecule has 1 fully saturated rings. The van der Waals surface area contributed by atoms with E-state index in [1.807, 2.05) is 13.0 Å². The number of carboxylic acids is 1. The van der Waals surface area contributed by atoms with Crippen molar-refractivity contribution in [2.24, 2.45) is 0 Å². The van der Waals surface area contributed by atoms with Crippen LogP contribution in [0.1, 0.15) is 24.9 Å². The predicted octanol–water partition coefficient (Wildman–Crippen LogP) is 1.29. The van der Waals surface area contributed by atoms with Gasteiger partial charge in [0.2, 0.25) is 0 Å². The van der Waals surface area contributed by atoms with Crippen LogP contribution in [0, 0.1) is 5.82 Å². The number of halogens is 1. The quantitative estimate of drug-likeness (QED) is 0.739. The molecule has 1 heterocycles. The third-order valence-electron chi connectivity index (χ3n) is 3.29. The van der Waals surface area contributed by atoms with E-state index in [1.54, 1.807) is 6.07 Å². The van der Waals surface area contributed by atoms with E-state index >= 15 is 0 Å². The molecule has 1 saturated heterocycles. The van der Waals surface area contributed by atoms with E-state index in [4.69, 9.17) is 5.11 Å². The van der Waals surface area contributed by atoms with Crippen molar-refractivity contribution < 1.29 is 14.3 Å². The first-order chi connectivity index (χ1) is 8.51. The number of hydrogen-bond acceptors (Lipinski definition) is 3. The van der Waals surface area contributed by atoms with Crippen LogP contribution in [0.4, 0.5) is 4.39 Å². The van der Waals surface area contributed by atoms with Crippen LogP contribution in [-0.4, -0.2) is 29.7 Å². The fourth-order valence-electron chi connectivity index (χ4n) is 2.31. The summed E-state index contributed by atoms with van der Waals surface area (Å²) in [5.74, 6) is -1.10. The van der Waals surface area contributed by atoms with E-state index in [-0.39, 0.29) is 18.3 Å². The molecule has 0 amide bonds. The van der Waals surface area contributed by atoms with Crippen molar-refractivity contribution in [3.63, 3.8) is 0 Å². The molecule has 0 radical (unpaired) electrons. The monoisotopic (exact) mass is 252 g/mol. The minimum atomic E-state index is -0.824.